The Hall–Kier alpha value is -0.420. The summed E-state index contributed by atoms with van der Waals surface area (Å²) < 4.78 is 35.5. The van der Waals surface area contributed by atoms with E-state index in [1.807, 2.05) is 0 Å². The third-order valence-electron chi connectivity index (χ3n) is 0.467. The summed E-state index contributed by atoms with van der Waals surface area (Å²) in [6, 6.07) is 0. The second-order valence-electron chi connectivity index (χ2n) is 1.35. The zero-order valence-corrected chi connectivity index (χ0v) is 5.69. The van der Waals surface area contributed by atoms with E-state index in [1.165, 1.54) is 0 Å². The Balaban J connectivity index is 3.53. The van der Waals surface area contributed by atoms with Gasteiger partial charge in [0.1, 0.15) is 0 Å². The van der Waals surface area contributed by atoms with Crippen molar-refractivity contribution in [3.8, 4) is 0 Å². The van der Waals surface area contributed by atoms with Gasteiger partial charge in [0.15, 0.2) is 0 Å². The van der Waals surface area contributed by atoms with E-state index in [0.29, 0.717) is 0 Å². The molecule has 0 heterocycles. The number of rotatable bonds is 3. The van der Waals surface area contributed by atoms with Crippen LogP contribution in [0.15, 0.2) is 12.4 Å². The standard InChI is InChI=1S/C4H7FO3S/c1-9(6,7)8-4-2-3-5/h2-3H,4H2,1H3. The molecule has 0 fully saturated rings. The van der Waals surface area contributed by atoms with Gasteiger partial charge in [0.25, 0.3) is 10.1 Å². The van der Waals surface area contributed by atoms with Crippen LogP contribution in [-0.2, 0) is 14.3 Å². The van der Waals surface area contributed by atoms with Crippen LogP contribution in [0.3, 0.4) is 0 Å². The molecule has 0 aromatic rings. The smallest absolute Gasteiger partial charge is 0.264 e. The Labute approximate surface area is 53.3 Å². The van der Waals surface area contributed by atoms with Crippen LogP contribution < -0.4 is 0 Å². The Morgan fingerprint density at radius 3 is 2.56 bits per heavy atom. The summed E-state index contributed by atoms with van der Waals surface area (Å²) in [6.07, 6.45) is 2.09. The third-order valence-corrected chi connectivity index (χ3v) is 1.03. The normalized spacial score (nSPS) is 12.7. The van der Waals surface area contributed by atoms with Crippen molar-refractivity contribution in [2.45, 2.75) is 0 Å². The first kappa shape index (κ1) is 8.58. The molecule has 0 unspecified atom stereocenters. The average Bonchev–Trinajstić information content (AvgIpc) is 1.63. The molecular formula is C4H7FO3S. The van der Waals surface area contributed by atoms with Gasteiger partial charge >= 0.3 is 0 Å². The third kappa shape index (κ3) is 7.58. The summed E-state index contributed by atoms with van der Waals surface area (Å²) in [4.78, 5) is 0. The first-order valence-electron chi connectivity index (χ1n) is 2.16. The van der Waals surface area contributed by atoms with E-state index < -0.39 is 10.1 Å². The van der Waals surface area contributed by atoms with Crippen LogP contribution in [0.4, 0.5) is 4.39 Å². The van der Waals surface area contributed by atoms with Crippen molar-refractivity contribution in [3.63, 3.8) is 0 Å². The van der Waals surface area contributed by atoms with E-state index in [2.05, 4.69) is 4.18 Å². The van der Waals surface area contributed by atoms with Crippen LogP contribution in [0.2, 0.25) is 0 Å². The molecule has 0 aliphatic carbocycles. The maximum atomic E-state index is 11.1. The van der Waals surface area contributed by atoms with E-state index in [4.69, 9.17) is 0 Å². The lowest BCUT2D eigenvalue weighted by Crippen LogP contribution is -2.01. The predicted molar refractivity (Wildman–Crippen MR) is 31.0 cm³/mol. The van der Waals surface area contributed by atoms with Gasteiger partial charge in [-0.05, 0) is 6.08 Å². The first-order valence-corrected chi connectivity index (χ1v) is 3.97. The minimum atomic E-state index is -3.41. The summed E-state index contributed by atoms with van der Waals surface area (Å²) in [6.45, 7) is -0.241. The lowest BCUT2D eigenvalue weighted by molar-refractivity contribution is 0.360. The Morgan fingerprint density at radius 1 is 1.67 bits per heavy atom. The van der Waals surface area contributed by atoms with Crippen LogP contribution in [0.25, 0.3) is 0 Å². The summed E-state index contributed by atoms with van der Waals surface area (Å²) in [7, 11) is -3.41. The highest BCUT2D eigenvalue weighted by Crippen LogP contribution is 1.86. The van der Waals surface area contributed by atoms with Crippen LogP contribution in [0.5, 0.6) is 0 Å². The van der Waals surface area contributed by atoms with Gasteiger partial charge in [-0.15, -0.1) is 0 Å². The summed E-state index contributed by atoms with van der Waals surface area (Å²) in [5.74, 6) is 0. The van der Waals surface area contributed by atoms with Gasteiger partial charge in [0.05, 0.1) is 19.2 Å². The van der Waals surface area contributed by atoms with Crippen molar-refractivity contribution >= 4 is 10.1 Å². The second-order valence-corrected chi connectivity index (χ2v) is 2.99. The van der Waals surface area contributed by atoms with Gasteiger partial charge in [0, 0.05) is 0 Å². The molecule has 0 radical (unpaired) electrons. The molecule has 5 heteroatoms. The van der Waals surface area contributed by atoms with Crippen LogP contribution >= 0.6 is 0 Å². The molecule has 0 aliphatic rings. The van der Waals surface area contributed by atoms with Crippen molar-refractivity contribution in [2.24, 2.45) is 0 Å². The fourth-order valence-electron chi connectivity index (χ4n) is 0.199. The number of hydrogen-bond acceptors (Lipinski definition) is 3. The van der Waals surface area contributed by atoms with Gasteiger partial charge in [-0.3, -0.25) is 4.18 Å². The molecule has 0 saturated heterocycles. The maximum Gasteiger partial charge on any atom is 0.264 e. The fourth-order valence-corrected chi connectivity index (χ4v) is 0.525. The maximum absolute atomic E-state index is 11.1. The topological polar surface area (TPSA) is 43.4 Å². The molecule has 9 heavy (non-hydrogen) atoms. The predicted octanol–water partition coefficient (Wildman–Crippen LogP) is 0.446. The zero-order chi connectivity index (χ0) is 7.33. The quantitative estimate of drug-likeness (QED) is 0.554. The fraction of sp³-hybridized carbons (Fsp3) is 0.500. The largest absolute Gasteiger partial charge is 0.266 e. The molecule has 0 saturated carbocycles. The van der Waals surface area contributed by atoms with Gasteiger partial charge < -0.3 is 0 Å². The second kappa shape index (κ2) is 3.58. The van der Waals surface area contributed by atoms with Gasteiger partial charge in [-0.2, -0.15) is 8.42 Å². The molecule has 0 atom stereocenters. The molecule has 0 aromatic heterocycles. The summed E-state index contributed by atoms with van der Waals surface area (Å²) in [5.41, 5.74) is 0. The monoisotopic (exact) mass is 154 g/mol. The van der Waals surface area contributed by atoms with Crippen molar-refractivity contribution in [2.75, 3.05) is 12.9 Å². The number of halogens is 1. The van der Waals surface area contributed by atoms with Crippen LogP contribution in [0, 0.1) is 0 Å². The van der Waals surface area contributed by atoms with Gasteiger partial charge in [0.2, 0.25) is 0 Å². The Morgan fingerprint density at radius 2 is 2.22 bits per heavy atom. The van der Waals surface area contributed by atoms with Crippen LogP contribution in [0.1, 0.15) is 0 Å². The van der Waals surface area contributed by atoms with E-state index in [-0.39, 0.29) is 12.9 Å². The van der Waals surface area contributed by atoms with Gasteiger partial charge in [-0.25, -0.2) is 4.39 Å². The molecule has 0 rings (SSSR count). The van der Waals surface area contributed by atoms with E-state index in [1.54, 1.807) is 0 Å². The molecule has 0 spiro atoms. The van der Waals surface area contributed by atoms with E-state index in [0.717, 1.165) is 12.3 Å². The molecule has 0 aromatic carbocycles. The highest BCUT2D eigenvalue weighted by molar-refractivity contribution is 7.85. The molecule has 0 N–H and O–H groups in total. The lowest BCUT2D eigenvalue weighted by Gasteiger charge is -1.92. The van der Waals surface area contributed by atoms with Gasteiger partial charge in [-0.1, -0.05) is 0 Å². The zero-order valence-electron chi connectivity index (χ0n) is 4.87. The number of hydrogen-bond donors (Lipinski definition) is 0. The van der Waals surface area contributed by atoms with Crippen molar-refractivity contribution in [1.29, 1.82) is 0 Å². The highest BCUT2D eigenvalue weighted by Gasteiger charge is 1.96. The Bertz CT molecular complexity index is 182. The van der Waals surface area contributed by atoms with Crippen molar-refractivity contribution in [3.05, 3.63) is 12.4 Å². The van der Waals surface area contributed by atoms with E-state index in [9.17, 15) is 12.8 Å². The first-order chi connectivity index (χ1) is 4.06. The minimum absolute atomic E-state index is 0.227. The molecule has 3 nitrogen and oxygen atoms in total. The molecule has 54 valence electrons. The lowest BCUT2D eigenvalue weighted by atomic mass is 10.7. The SMILES string of the molecule is CS(=O)(=O)OCC=CF. The minimum Gasteiger partial charge on any atom is -0.266 e. The highest BCUT2D eigenvalue weighted by atomic mass is 32.2. The Kier molecular flexibility index (Phi) is 3.41. The summed E-state index contributed by atoms with van der Waals surface area (Å²) >= 11 is 0. The van der Waals surface area contributed by atoms with Crippen molar-refractivity contribution in [1.82, 2.24) is 0 Å². The van der Waals surface area contributed by atoms with Crippen molar-refractivity contribution < 1.29 is 17.0 Å². The average molecular weight is 154 g/mol. The molecule has 0 amide bonds. The molecule has 0 aliphatic heterocycles. The summed E-state index contributed by atoms with van der Waals surface area (Å²) in [5, 5.41) is 0. The van der Waals surface area contributed by atoms with Crippen LogP contribution in [-0.4, -0.2) is 21.3 Å². The van der Waals surface area contributed by atoms with E-state index >= 15 is 0 Å². The molecule has 0 bridgehead atoms. The molecular weight excluding hydrogens is 147 g/mol.